The van der Waals surface area contributed by atoms with Crippen molar-refractivity contribution in [3.63, 3.8) is 0 Å². The fourth-order valence-corrected chi connectivity index (χ4v) is 5.40. The highest BCUT2D eigenvalue weighted by atomic mass is 32.1. The summed E-state index contributed by atoms with van der Waals surface area (Å²) in [6.45, 7) is 4.19. The lowest BCUT2D eigenvalue weighted by atomic mass is 9.97. The molecule has 3 N–H and O–H groups in total. The van der Waals surface area contributed by atoms with Crippen molar-refractivity contribution < 1.29 is 13.6 Å². The van der Waals surface area contributed by atoms with Crippen molar-refractivity contribution in [2.75, 3.05) is 38.5 Å². The van der Waals surface area contributed by atoms with Crippen LogP contribution < -0.4 is 16.0 Å². The second kappa shape index (κ2) is 10.1. The van der Waals surface area contributed by atoms with E-state index in [4.69, 9.17) is 0 Å². The number of carbonyl (C=O) groups excluding carboxylic acids is 1. The van der Waals surface area contributed by atoms with Crippen LogP contribution in [0.2, 0.25) is 0 Å². The Kier molecular flexibility index (Phi) is 6.75. The van der Waals surface area contributed by atoms with Gasteiger partial charge >= 0.3 is 6.03 Å². The summed E-state index contributed by atoms with van der Waals surface area (Å²) in [5, 5.41) is 9.91. The minimum Gasteiger partial charge on any atom is -0.352 e. The molecule has 0 radical (unpaired) electrons. The van der Waals surface area contributed by atoms with Crippen molar-refractivity contribution in [1.82, 2.24) is 30.5 Å². The number of hydrogen-bond donors (Lipinski definition) is 3. The molecule has 0 spiro atoms. The van der Waals surface area contributed by atoms with Gasteiger partial charge in [-0.1, -0.05) is 18.2 Å². The van der Waals surface area contributed by atoms with Crippen molar-refractivity contribution >= 4 is 33.4 Å². The number of fused-ring (bicyclic) bond motifs is 1. The topological polar surface area (TPSA) is 95.1 Å². The zero-order valence-electron chi connectivity index (χ0n) is 19.8. The van der Waals surface area contributed by atoms with E-state index >= 15 is 0 Å². The monoisotopic (exact) mass is 509 g/mol. The minimum atomic E-state index is -0.560. The van der Waals surface area contributed by atoms with Gasteiger partial charge in [-0.3, -0.25) is 0 Å². The maximum absolute atomic E-state index is 14.8. The third kappa shape index (κ3) is 4.71. The second-order valence-corrected chi connectivity index (χ2v) is 9.53. The average molecular weight is 510 g/mol. The third-order valence-electron chi connectivity index (χ3n) is 6.22. The Balaban J connectivity index is 1.47. The van der Waals surface area contributed by atoms with Crippen molar-refractivity contribution in [2.24, 2.45) is 0 Å². The Morgan fingerprint density at radius 3 is 2.83 bits per heavy atom. The Morgan fingerprint density at radius 2 is 2.06 bits per heavy atom. The molecule has 1 aliphatic heterocycles. The molecule has 5 rings (SSSR count). The summed E-state index contributed by atoms with van der Waals surface area (Å²) in [5.74, 6) is -0.813. The van der Waals surface area contributed by atoms with E-state index in [-0.39, 0.29) is 23.7 Å². The number of aromatic nitrogens is 3. The van der Waals surface area contributed by atoms with Crippen molar-refractivity contribution in [3.8, 4) is 21.7 Å². The summed E-state index contributed by atoms with van der Waals surface area (Å²) >= 11 is 1.39. The number of pyridine rings is 1. The molecular weight excluding hydrogens is 484 g/mol. The fraction of sp³-hybridized carbons (Fsp3) is 0.280. The first-order chi connectivity index (χ1) is 17.4. The van der Waals surface area contributed by atoms with E-state index < -0.39 is 11.8 Å². The van der Waals surface area contributed by atoms with Crippen LogP contribution in [-0.4, -0.2) is 59.1 Å². The smallest absolute Gasteiger partial charge is 0.317 e. The zero-order chi connectivity index (χ0) is 25.2. The minimum absolute atomic E-state index is 0.0395. The number of rotatable bonds is 8. The van der Waals surface area contributed by atoms with Gasteiger partial charge in [0.05, 0.1) is 11.1 Å². The van der Waals surface area contributed by atoms with Gasteiger partial charge in [0.25, 0.3) is 0 Å². The molecule has 36 heavy (non-hydrogen) atoms. The number of nitrogens with one attached hydrogen (secondary N) is 3. The summed E-state index contributed by atoms with van der Waals surface area (Å²) in [5.41, 5.74) is 2.63. The number of hydrogen-bond acceptors (Lipinski definition) is 7. The number of benzene rings is 1. The lowest BCUT2D eigenvalue weighted by Gasteiger charge is -2.16. The number of carbonyl (C=O) groups is 1. The SMILES string of the molecule is CNC(C)c1cnc(F)cc1-c1cccc2cc(-c3nc(NCCN4CCNC4=O)ncc3F)sc12. The summed E-state index contributed by atoms with van der Waals surface area (Å²) < 4.78 is 29.9. The van der Waals surface area contributed by atoms with E-state index in [9.17, 15) is 13.6 Å². The Labute approximate surface area is 210 Å². The number of anilines is 1. The lowest BCUT2D eigenvalue weighted by Crippen LogP contribution is -2.32. The quantitative estimate of drug-likeness (QED) is 0.305. The van der Waals surface area contributed by atoms with E-state index in [2.05, 4.69) is 30.9 Å². The molecule has 11 heteroatoms. The Hall–Kier alpha value is -3.70. The van der Waals surface area contributed by atoms with Gasteiger partial charge in [0.15, 0.2) is 5.82 Å². The normalized spacial score (nSPS) is 14.3. The number of urea groups is 1. The highest BCUT2D eigenvalue weighted by molar-refractivity contribution is 7.22. The highest BCUT2D eigenvalue weighted by Crippen LogP contribution is 2.41. The first-order valence-electron chi connectivity index (χ1n) is 11.6. The molecule has 0 aliphatic carbocycles. The maximum atomic E-state index is 14.8. The van der Waals surface area contributed by atoms with E-state index in [1.807, 2.05) is 38.2 Å². The average Bonchev–Trinajstić information content (AvgIpc) is 3.50. The molecule has 0 bridgehead atoms. The van der Waals surface area contributed by atoms with Crippen LogP contribution in [0.1, 0.15) is 18.5 Å². The van der Waals surface area contributed by atoms with E-state index in [0.717, 1.165) is 33.0 Å². The molecule has 4 heterocycles. The van der Waals surface area contributed by atoms with Crippen LogP contribution in [0.4, 0.5) is 19.5 Å². The first-order valence-corrected chi connectivity index (χ1v) is 12.4. The van der Waals surface area contributed by atoms with E-state index in [0.29, 0.717) is 31.1 Å². The van der Waals surface area contributed by atoms with Crippen molar-refractivity contribution in [3.05, 3.63) is 60.1 Å². The number of nitrogens with zero attached hydrogens (tertiary/aromatic N) is 4. The second-order valence-electron chi connectivity index (χ2n) is 8.48. The molecule has 1 aliphatic rings. The molecule has 4 aromatic rings. The molecule has 1 atom stereocenters. The van der Waals surface area contributed by atoms with Gasteiger partial charge in [-0.15, -0.1) is 11.3 Å². The van der Waals surface area contributed by atoms with E-state index in [1.165, 1.54) is 17.4 Å². The standard InChI is InChI=1S/C25H25F2N7OS/c1-14(28-2)18-12-31-21(27)11-17(18)16-5-3-4-15-10-20(36-23(15)16)22-19(26)13-32-24(33-22)29-6-8-34-9-7-30-25(34)35/h3-5,10-14,28H,6-9H2,1-2H3,(H,30,35)(H,29,32,33). The van der Waals surface area contributed by atoms with Gasteiger partial charge < -0.3 is 20.9 Å². The maximum Gasteiger partial charge on any atom is 0.317 e. The fourth-order valence-electron chi connectivity index (χ4n) is 4.22. The van der Waals surface area contributed by atoms with Crippen LogP contribution in [-0.2, 0) is 0 Å². The van der Waals surface area contributed by atoms with Crippen molar-refractivity contribution in [2.45, 2.75) is 13.0 Å². The number of amides is 2. The number of thiophene rings is 1. The molecule has 186 valence electrons. The molecular formula is C25H25F2N7OS. The van der Waals surface area contributed by atoms with Gasteiger partial charge in [0, 0.05) is 54.7 Å². The van der Waals surface area contributed by atoms with Crippen LogP contribution in [0.3, 0.4) is 0 Å². The van der Waals surface area contributed by atoms with Crippen LogP contribution in [0, 0.1) is 11.8 Å². The molecule has 0 saturated carbocycles. The molecule has 1 fully saturated rings. The van der Waals surface area contributed by atoms with Crippen LogP contribution in [0.5, 0.6) is 0 Å². The summed E-state index contributed by atoms with van der Waals surface area (Å²) in [4.78, 5) is 26.3. The Bertz CT molecular complexity index is 1430. The first kappa shape index (κ1) is 24.0. The molecule has 1 aromatic carbocycles. The predicted molar refractivity (Wildman–Crippen MR) is 137 cm³/mol. The molecule has 2 amide bonds. The highest BCUT2D eigenvalue weighted by Gasteiger charge is 2.20. The van der Waals surface area contributed by atoms with Gasteiger partial charge in [-0.2, -0.15) is 4.39 Å². The molecule has 1 saturated heterocycles. The summed E-state index contributed by atoms with van der Waals surface area (Å²) in [6.07, 6.45) is 2.69. The van der Waals surface area contributed by atoms with Crippen LogP contribution in [0.15, 0.2) is 42.7 Å². The molecule has 8 nitrogen and oxygen atoms in total. The van der Waals surface area contributed by atoms with Crippen LogP contribution in [0.25, 0.3) is 31.8 Å². The summed E-state index contributed by atoms with van der Waals surface area (Å²) in [6, 6.07) is 8.95. The van der Waals surface area contributed by atoms with Gasteiger partial charge in [0.2, 0.25) is 11.9 Å². The van der Waals surface area contributed by atoms with Gasteiger partial charge in [0.1, 0.15) is 5.69 Å². The van der Waals surface area contributed by atoms with Crippen molar-refractivity contribution in [1.29, 1.82) is 0 Å². The lowest BCUT2D eigenvalue weighted by molar-refractivity contribution is 0.219. The van der Waals surface area contributed by atoms with E-state index in [1.54, 1.807) is 11.1 Å². The van der Waals surface area contributed by atoms with Crippen LogP contribution >= 0.6 is 11.3 Å². The largest absolute Gasteiger partial charge is 0.352 e. The molecule has 3 aromatic heterocycles. The predicted octanol–water partition coefficient (Wildman–Crippen LogP) is 4.42. The summed E-state index contributed by atoms with van der Waals surface area (Å²) in [7, 11) is 1.84. The van der Waals surface area contributed by atoms with Gasteiger partial charge in [-0.05, 0) is 36.6 Å². The zero-order valence-corrected chi connectivity index (χ0v) is 20.6. The molecule has 1 unspecified atom stereocenters. The van der Waals surface area contributed by atoms with Gasteiger partial charge in [-0.25, -0.2) is 24.1 Å². The Morgan fingerprint density at radius 1 is 1.19 bits per heavy atom. The third-order valence-corrected chi connectivity index (χ3v) is 7.41. The number of halogens is 2.